The number of aromatic hydroxyl groups is 1. The van der Waals surface area contributed by atoms with Crippen molar-refractivity contribution in [1.29, 1.82) is 0 Å². The van der Waals surface area contributed by atoms with Gasteiger partial charge in [0.15, 0.2) is 6.10 Å². The molecule has 0 bridgehead atoms. The zero-order chi connectivity index (χ0) is 25.5. The maximum absolute atomic E-state index is 14.2. The zero-order valence-corrected chi connectivity index (χ0v) is 19.5. The number of aliphatic hydroxyl groups excluding tert-OH is 1. The number of aliphatic hydroxyl groups is 1. The Balaban J connectivity index is 1.85. The first kappa shape index (κ1) is 25.9. The number of benzene rings is 2. The molecule has 1 fully saturated rings. The number of amides is 3. The second-order valence-electron chi connectivity index (χ2n) is 8.54. The summed E-state index contributed by atoms with van der Waals surface area (Å²) in [7, 11) is 0. The molecule has 3 rings (SSSR count). The van der Waals surface area contributed by atoms with Crippen molar-refractivity contribution in [3.8, 4) is 5.75 Å². The van der Waals surface area contributed by atoms with Crippen molar-refractivity contribution in [2.24, 2.45) is 0 Å². The van der Waals surface area contributed by atoms with E-state index in [1.807, 2.05) is 6.07 Å². The molecule has 8 nitrogen and oxygen atoms in total. The number of rotatable bonds is 9. The fraction of sp³-hybridized carbons (Fsp3) is 0.346. The molecule has 1 aliphatic rings. The lowest BCUT2D eigenvalue weighted by Gasteiger charge is -2.30. The highest BCUT2D eigenvalue weighted by molar-refractivity contribution is 5.97. The van der Waals surface area contributed by atoms with E-state index in [1.165, 1.54) is 24.3 Å². The molecular weight excluding hydrogens is 453 g/mol. The topological polar surface area (TPSA) is 119 Å². The molecule has 1 aliphatic heterocycles. The monoisotopic (exact) mass is 483 g/mol. The smallest absolute Gasteiger partial charge is 0.254 e. The highest BCUT2D eigenvalue weighted by Crippen LogP contribution is 2.24. The van der Waals surface area contributed by atoms with Crippen molar-refractivity contribution in [3.05, 3.63) is 77.9 Å². The van der Waals surface area contributed by atoms with Crippen LogP contribution in [-0.4, -0.2) is 70.3 Å². The van der Waals surface area contributed by atoms with Crippen molar-refractivity contribution in [1.82, 2.24) is 15.5 Å². The fourth-order valence-corrected chi connectivity index (χ4v) is 4.13. The van der Waals surface area contributed by atoms with E-state index < -0.39 is 42.1 Å². The Kier molecular flexibility index (Phi) is 8.59. The lowest BCUT2D eigenvalue weighted by molar-refractivity contribution is -0.146. The van der Waals surface area contributed by atoms with E-state index in [4.69, 9.17) is 0 Å². The molecule has 0 saturated carbocycles. The van der Waals surface area contributed by atoms with Crippen molar-refractivity contribution in [2.75, 3.05) is 13.1 Å². The van der Waals surface area contributed by atoms with Crippen LogP contribution < -0.4 is 10.6 Å². The molecule has 0 aromatic heterocycles. The third-order valence-corrected chi connectivity index (χ3v) is 6.06. The first-order valence-corrected chi connectivity index (χ1v) is 11.4. The lowest BCUT2D eigenvalue weighted by Crippen LogP contribution is -2.55. The molecule has 1 saturated heterocycles. The van der Waals surface area contributed by atoms with Gasteiger partial charge in [-0.1, -0.05) is 42.5 Å². The largest absolute Gasteiger partial charge is 0.508 e. The predicted octanol–water partition coefficient (Wildman–Crippen LogP) is 1.64. The predicted molar refractivity (Wildman–Crippen MR) is 128 cm³/mol. The third kappa shape index (κ3) is 6.24. The van der Waals surface area contributed by atoms with Gasteiger partial charge in [-0.05, 0) is 31.0 Å². The molecule has 4 atom stereocenters. The van der Waals surface area contributed by atoms with Crippen LogP contribution in [0.1, 0.15) is 27.9 Å². The average molecular weight is 484 g/mol. The molecule has 1 heterocycles. The fourth-order valence-electron chi connectivity index (χ4n) is 4.13. The van der Waals surface area contributed by atoms with E-state index in [1.54, 1.807) is 31.2 Å². The van der Waals surface area contributed by atoms with Crippen LogP contribution in [0.5, 0.6) is 5.75 Å². The van der Waals surface area contributed by atoms with Crippen molar-refractivity contribution >= 4 is 17.7 Å². The normalized spacial score (nSPS) is 19.0. The standard InChI is InChI=1S/C26H30FN3O5/c1-3-12-28-25(34)21-14-18(27)15-30(21)26(35)23(32)20(13-17-8-5-4-6-9-17)29-24(33)19-10-7-11-22(31)16(19)2/h3-11,18,20-21,23,31-32H,1,12-15H2,2H3,(H,28,34)(H,29,33)/t18-,20-,21+,23-/m0/s1. The van der Waals surface area contributed by atoms with Gasteiger partial charge in [-0.15, -0.1) is 6.58 Å². The number of phenolic OH excluding ortho intramolecular Hbond substituents is 1. The minimum absolute atomic E-state index is 0.0617. The number of nitrogens with one attached hydrogen (secondary N) is 2. The zero-order valence-electron chi connectivity index (χ0n) is 19.5. The number of carbonyl (C=O) groups excluding carboxylic acids is 3. The second-order valence-corrected chi connectivity index (χ2v) is 8.54. The van der Waals surface area contributed by atoms with Crippen LogP contribution in [0, 0.1) is 6.92 Å². The summed E-state index contributed by atoms with van der Waals surface area (Å²) in [6.07, 6.45) is -1.76. The SMILES string of the molecule is C=CCNC(=O)[C@H]1C[C@H](F)CN1C(=O)[C@@H](O)[C@H](Cc1ccccc1)NC(=O)c1cccc(O)c1C. The van der Waals surface area contributed by atoms with Gasteiger partial charge in [-0.3, -0.25) is 14.4 Å². The van der Waals surface area contributed by atoms with E-state index in [0.29, 0.717) is 5.56 Å². The summed E-state index contributed by atoms with van der Waals surface area (Å²) in [5.74, 6) is -2.04. The van der Waals surface area contributed by atoms with Crippen molar-refractivity contribution < 1.29 is 29.0 Å². The molecule has 35 heavy (non-hydrogen) atoms. The van der Waals surface area contributed by atoms with Gasteiger partial charge < -0.3 is 25.7 Å². The molecule has 2 aromatic rings. The van der Waals surface area contributed by atoms with E-state index >= 15 is 0 Å². The highest BCUT2D eigenvalue weighted by Gasteiger charge is 2.43. The van der Waals surface area contributed by atoms with Gasteiger partial charge in [0.25, 0.3) is 11.8 Å². The van der Waals surface area contributed by atoms with Gasteiger partial charge in [0, 0.05) is 24.1 Å². The third-order valence-electron chi connectivity index (χ3n) is 6.06. The number of carbonyl (C=O) groups is 3. The summed E-state index contributed by atoms with van der Waals surface area (Å²) in [5.41, 5.74) is 1.29. The quantitative estimate of drug-likeness (QED) is 0.405. The summed E-state index contributed by atoms with van der Waals surface area (Å²) in [4.78, 5) is 39.8. The van der Waals surface area contributed by atoms with Crippen molar-refractivity contribution in [3.63, 3.8) is 0 Å². The number of phenols is 1. The van der Waals surface area contributed by atoms with Crippen LogP contribution in [0.4, 0.5) is 4.39 Å². The minimum atomic E-state index is -1.74. The maximum atomic E-state index is 14.2. The Hall–Kier alpha value is -3.72. The Labute approximate surface area is 203 Å². The summed E-state index contributed by atoms with van der Waals surface area (Å²) in [6.45, 7) is 4.92. The first-order chi connectivity index (χ1) is 16.7. The molecule has 3 amide bonds. The molecule has 2 aromatic carbocycles. The summed E-state index contributed by atoms with van der Waals surface area (Å²) in [5, 5.41) is 26.3. The van der Waals surface area contributed by atoms with Crippen molar-refractivity contribution in [2.45, 2.75) is 44.1 Å². The minimum Gasteiger partial charge on any atom is -0.508 e. The van der Waals surface area contributed by atoms with Crippen LogP contribution in [-0.2, 0) is 16.0 Å². The molecule has 9 heteroatoms. The molecule has 4 N–H and O–H groups in total. The molecule has 0 unspecified atom stereocenters. The average Bonchev–Trinajstić information content (AvgIpc) is 3.25. The van der Waals surface area contributed by atoms with Gasteiger partial charge in [0.05, 0.1) is 12.6 Å². The van der Waals surface area contributed by atoms with Crippen LogP contribution >= 0.6 is 0 Å². The van der Waals surface area contributed by atoms with Gasteiger partial charge in [0.2, 0.25) is 5.91 Å². The molecule has 186 valence electrons. The summed E-state index contributed by atoms with van der Waals surface area (Å²) < 4.78 is 14.2. The highest BCUT2D eigenvalue weighted by atomic mass is 19.1. The Morgan fingerprint density at radius 3 is 2.60 bits per heavy atom. The van der Waals surface area contributed by atoms with Crippen LogP contribution in [0.2, 0.25) is 0 Å². The Morgan fingerprint density at radius 2 is 1.91 bits per heavy atom. The number of likely N-dealkylation sites (tertiary alicyclic amines) is 1. The van der Waals surface area contributed by atoms with Gasteiger partial charge in [0.1, 0.15) is 18.0 Å². The summed E-state index contributed by atoms with van der Waals surface area (Å²) >= 11 is 0. The molecule has 0 radical (unpaired) electrons. The summed E-state index contributed by atoms with van der Waals surface area (Å²) in [6, 6.07) is 11.3. The lowest BCUT2D eigenvalue weighted by atomic mass is 9.98. The molecular formula is C26H30FN3O5. The number of hydrogen-bond acceptors (Lipinski definition) is 5. The van der Waals surface area contributed by atoms with Gasteiger partial charge >= 0.3 is 0 Å². The Morgan fingerprint density at radius 1 is 1.20 bits per heavy atom. The van der Waals surface area contributed by atoms with E-state index in [0.717, 1.165) is 10.5 Å². The second kappa shape index (κ2) is 11.6. The molecule has 0 aliphatic carbocycles. The number of alkyl halides is 1. The molecule has 0 spiro atoms. The van der Waals surface area contributed by atoms with Gasteiger partial charge in [-0.25, -0.2) is 4.39 Å². The van der Waals surface area contributed by atoms with E-state index in [2.05, 4.69) is 17.2 Å². The Bertz CT molecular complexity index is 1080. The first-order valence-electron chi connectivity index (χ1n) is 11.4. The van der Waals surface area contributed by atoms with Crippen LogP contribution in [0.25, 0.3) is 0 Å². The maximum Gasteiger partial charge on any atom is 0.254 e. The number of hydrogen-bond donors (Lipinski definition) is 4. The van der Waals surface area contributed by atoms with Crippen LogP contribution in [0.15, 0.2) is 61.2 Å². The van der Waals surface area contributed by atoms with E-state index in [-0.39, 0.29) is 37.2 Å². The van der Waals surface area contributed by atoms with E-state index in [9.17, 15) is 29.0 Å². The van der Waals surface area contributed by atoms with Crippen LogP contribution in [0.3, 0.4) is 0 Å². The number of halogens is 1. The number of nitrogens with zero attached hydrogens (tertiary/aromatic N) is 1. The van der Waals surface area contributed by atoms with Gasteiger partial charge in [-0.2, -0.15) is 0 Å².